The van der Waals surface area contributed by atoms with Gasteiger partial charge < -0.3 is 28.5 Å². The van der Waals surface area contributed by atoms with E-state index < -0.39 is 17.2 Å². The van der Waals surface area contributed by atoms with Gasteiger partial charge in [-0.2, -0.15) is 0 Å². The zero-order valence-electron chi connectivity index (χ0n) is 28.1. The van der Waals surface area contributed by atoms with Gasteiger partial charge in [0.05, 0.1) is 27.2 Å². The van der Waals surface area contributed by atoms with Gasteiger partial charge in [-0.3, -0.25) is 4.79 Å². The molecule has 5 aromatic rings. The highest BCUT2D eigenvalue weighted by Gasteiger charge is 2.47. The summed E-state index contributed by atoms with van der Waals surface area (Å²) in [6, 6.07) is 32.6. The molecule has 1 aliphatic heterocycles. The fourth-order valence-electron chi connectivity index (χ4n) is 7.17. The summed E-state index contributed by atoms with van der Waals surface area (Å²) in [5.74, 6) is 1.81. The molecule has 0 spiro atoms. The van der Waals surface area contributed by atoms with E-state index in [0.29, 0.717) is 0 Å². The van der Waals surface area contributed by atoms with E-state index in [2.05, 4.69) is 43.3 Å². The first-order valence-corrected chi connectivity index (χ1v) is 16.4. The number of hydrogen-bond acceptors (Lipinski definition) is 7. The number of rotatable bonds is 11. The monoisotopic (exact) mass is 654 g/mol. The van der Waals surface area contributed by atoms with Gasteiger partial charge in [-0.25, -0.2) is 0 Å². The van der Waals surface area contributed by atoms with Crippen LogP contribution >= 0.6 is 0 Å². The average Bonchev–Trinajstić information content (AvgIpc) is 3.41. The fourth-order valence-corrected chi connectivity index (χ4v) is 7.17. The Labute approximate surface area is 286 Å². The van der Waals surface area contributed by atoms with E-state index in [1.165, 1.54) is 6.92 Å². The van der Waals surface area contributed by atoms with Crippen LogP contribution in [-0.4, -0.2) is 39.2 Å². The molecule has 0 radical (unpaired) electrons. The summed E-state index contributed by atoms with van der Waals surface area (Å²) in [4.78, 5) is 23.6. The number of carbonyl (C=O) groups excluding carboxylic acids is 2. The highest BCUT2D eigenvalue weighted by atomic mass is 16.6. The van der Waals surface area contributed by atoms with Gasteiger partial charge >= 0.3 is 5.97 Å². The standard InChI is InChI=1S/C42H38O7/c1-27(43)13-22-37(44)47-25-26-48-41(2)36-12-8-7-11-34(36)38-32-9-5-6-10-33(32)40-35(39(38)41)23-24-42(49-40,28-14-18-30(45-3)19-15-28)29-16-20-31(46-4)21-17-29/h5-12,14-21,23-24H,13,22,25-26H2,1-4H3. The van der Waals surface area contributed by atoms with E-state index in [-0.39, 0.29) is 31.8 Å². The summed E-state index contributed by atoms with van der Waals surface area (Å²) >= 11 is 0. The minimum Gasteiger partial charge on any atom is -0.497 e. The van der Waals surface area contributed by atoms with Crippen molar-refractivity contribution >= 4 is 28.6 Å². The van der Waals surface area contributed by atoms with Crippen LogP contribution in [0.2, 0.25) is 0 Å². The third-order valence-electron chi connectivity index (χ3n) is 9.60. The van der Waals surface area contributed by atoms with Gasteiger partial charge in [-0.1, -0.05) is 78.9 Å². The number of ketones is 1. The molecule has 0 saturated heterocycles. The topological polar surface area (TPSA) is 80.3 Å². The van der Waals surface area contributed by atoms with Crippen molar-refractivity contribution in [2.45, 2.75) is 37.9 Å². The Kier molecular flexibility index (Phi) is 8.47. The SMILES string of the molecule is COc1ccc(C2(c3ccc(OC)cc3)C=Cc3c4c(c5ccccc5c3O2)-c2ccccc2C4(C)OCCOC(=O)CCC(C)=O)cc1. The van der Waals surface area contributed by atoms with Crippen molar-refractivity contribution in [1.82, 2.24) is 0 Å². The van der Waals surface area contributed by atoms with Crippen molar-refractivity contribution in [3.63, 3.8) is 0 Å². The predicted octanol–water partition coefficient (Wildman–Crippen LogP) is 8.38. The number of esters is 1. The van der Waals surface area contributed by atoms with E-state index in [0.717, 1.165) is 67.0 Å². The van der Waals surface area contributed by atoms with Crippen molar-refractivity contribution in [2.75, 3.05) is 27.4 Å². The van der Waals surface area contributed by atoms with Gasteiger partial charge in [0, 0.05) is 34.1 Å². The Balaban J connectivity index is 1.37. The zero-order valence-corrected chi connectivity index (χ0v) is 28.1. The molecule has 0 saturated carbocycles. The van der Waals surface area contributed by atoms with E-state index in [1.54, 1.807) is 14.2 Å². The molecule has 1 heterocycles. The van der Waals surface area contributed by atoms with E-state index in [9.17, 15) is 9.59 Å². The molecule has 0 fully saturated rings. The number of Topliss-reactive ketones (excluding diaryl/α,β-unsaturated/α-hetero) is 1. The van der Waals surface area contributed by atoms with Gasteiger partial charge in [0.2, 0.25) is 0 Å². The first-order chi connectivity index (χ1) is 23.8. The third kappa shape index (κ3) is 5.54. The smallest absolute Gasteiger partial charge is 0.306 e. The lowest BCUT2D eigenvalue weighted by atomic mass is 9.80. The molecule has 2 aliphatic rings. The number of ether oxygens (including phenoxy) is 5. The first-order valence-electron chi connectivity index (χ1n) is 16.4. The Morgan fingerprint density at radius 3 is 1.98 bits per heavy atom. The Morgan fingerprint density at radius 1 is 0.735 bits per heavy atom. The highest BCUT2D eigenvalue weighted by Crippen LogP contribution is 2.58. The maximum atomic E-state index is 12.3. The second kappa shape index (κ2) is 12.9. The van der Waals surface area contributed by atoms with Crippen LogP contribution in [0.4, 0.5) is 0 Å². The number of carbonyl (C=O) groups is 2. The molecule has 0 aromatic heterocycles. The molecule has 0 amide bonds. The number of fused-ring (bicyclic) bond motifs is 8. The van der Waals surface area contributed by atoms with E-state index in [4.69, 9.17) is 23.7 Å². The van der Waals surface area contributed by atoms with Crippen molar-refractivity contribution in [3.05, 3.63) is 131 Å². The number of hydrogen-bond donors (Lipinski definition) is 0. The largest absolute Gasteiger partial charge is 0.497 e. The van der Waals surface area contributed by atoms with Crippen LogP contribution in [0.25, 0.3) is 28.0 Å². The van der Waals surface area contributed by atoms with Crippen molar-refractivity contribution in [1.29, 1.82) is 0 Å². The molecule has 7 heteroatoms. The summed E-state index contributed by atoms with van der Waals surface area (Å²) in [7, 11) is 3.31. The Morgan fingerprint density at radius 2 is 1.35 bits per heavy atom. The van der Waals surface area contributed by atoms with Crippen LogP contribution in [0.15, 0.2) is 103 Å². The van der Waals surface area contributed by atoms with Crippen LogP contribution in [0.3, 0.4) is 0 Å². The van der Waals surface area contributed by atoms with Crippen LogP contribution in [0.1, 0.15) is 54.5 Å². The van der Waals surface area contributed by atoms with Crippen LogP contribution in [0.5, 0.6) is 17.2 Å². The van der Waals surface area contributed by atoms with Gasteiger partial charge in [-0.15, -0.1) is 0 Å². The summed E-state index contributed by atoms with van der Waals surface area (Å²) in [6.45, 7) is 3.79. The molecule has 5 aromatic carbocycles. The first kappa shape index (κ1) is 32.2. The molecule has 1 unspecified atom stereocenters. The predicted molar refractivity (Wildman–Crippen MR) is 189 cm³/mol. The minimum atomic E-state index is -0.959. The molecule has 49 heavy (non-hydrogen) atoms. The van der Waals surface area contributed by atoms with Gasteiger partial charge in [0.15, 0.2) is 5.60 Å². The van der Waals surface area contributed by atoms with Crippen LogP contribution in [0, 0.1) is 0 Å². The van der Waals surface area contributed by atoms with Crippen LogP contribution < -0.4 is 14.2 Å². The molecule has 7 rings (SSSR count). The van der Waals surface area contributed by atoms with Crippen molar-refractivity contribution in [3.8, 4) is 28.4 Å². The zero-order chi connectivity index (χ0) is 34.2. The highest BCUT2D eigenvalue weighted by molar-refractivity contribution is 6.08. The molecule has 0 bridgehead atoms. The quantitative estimate of drug-likeness (QED) is 0.105. The molecule has 1 aliphatic carbocycles. The second-order valence-electron chi connectivity index (χ2n) is 12.5. The van der Waals surface area contributed by atoms with Crippen molar-refractivity contribution in [2.24, 2.45) is 0 Å². The van der Waals surface area contributed by atoms with Crippen molar-refractivity contribution < 1.29 is 33.3 Å². The normalized spacial score (nSPS) is 16.7. The summed E-state index contributed by atoms with van der Waals surface area (Å²) in [6.07, 6.45) is 4.50. The van der Waals surface area contributed by atoms with E-state index in [1.807, 2.05) is 72.8 Å². The Bertz CT molecular complexity index is 2030. The van der Waals surface area contributed by atoms with Gasteiger partial charge in [-0.05, 0) is 66.3 Å². The number of methoxy groups -OCH3 is 2. The van der Waals surface area contributed by atoms with Gasteiger partial charge in [0.1, 0.15) is 35.2 Å². The lowest BCUT2D eigenvalue weighted by molar-refractivity contribution is -0.147. The molecule has 248 valence electrons. The molecular weight excluding hydrogens is 616 g/mol. The average molecular weight is 655 g/mol. The third-order valence-corrected chi connectivity index (χ3v) is 9.60. The summed E-state index contributed by atoms with van der Waals surface area (Å²) < 4.78 is 30.5. The molecular formula is C42H38O7. The maximum Gasteiger partial charge on any atom is 0.306 e. The van der Waals surface area contributed by atoms with Crippen LogP contribution in [-0.2, 0) is 30.3 Å². The van der Waals surface area contributed by atoms with Gasteiger partial charge in [0.25, 0.3) is 0 Å². The molecule has 0 N–H and O–H groups in total. The van der Waals surface area contributed by atoms with E-state index >= 15 is 0 Å². The fraction of sp³-hybridized carbons (Fsp3) is 0.238. The minimum absolute atomic E-state index is 0.0462. The molecule has 1 atom stereocenters. The second-order valence-corrected chi connectivity index (χ2v) is 12.5. The summed E-state index contributed by atoms with van der Waals surface area (Å²) in [5.41, 5.74) is 5.20. The summed E-state index contributed by atoms with van der Waals surface area (Å²) in [5, 5.41) is 2.05. The number of benzene rings is 5. The molecule has 7 nitrogen and oxygen atoms in total. The maximum absolute atomic E-state index is 12.3. The lowest BCUT2D eigenvalue weighted by Gasteiger charge is -2.39. The lowest BCUT2D eigenvalue weighted by Crippen LogP contribution is -2.35. The Hall–Kier alpha value is -5.40.